The number of ether oxygens (including phenoxy) is 1. The molecule has 2 radical (unpaired) electrons. The molecule has 27 N–H and O–H groups in total. The van der Waals surface area contributed by atoms with Crippen molar-refractivity contribution in [3.63, 3.8) is 0 Å². The van der Waals surface area contributed by atoms with Crippen LogP contribution in [0.15, 0.2) is 0 Å². The molecule has 0 bridgehead atoms. The van der Waals surface area contributed by atoms with Crippen LogP contribution in [-0.2, 0) is 62.3 Å². The van der Waals surface area contributed by atoms with Gasteiger partial charge >= 0.3 is 24.0 Å². The molecule has 41 nitrogen and oxygen atoms in total. The minimum atomic E-state index is -2.18. The molecule has 0 spiro atoms. The van der Waals surface area contributed by atoms with Crippen LogP contribution in [0.3, 0.4) is 0 Å². The molecule has 0 heterocycles. The Labute approximate surface area is 600 Å². The SMILES string of the molecule is [B]NCCCCC(NC(=O)C(CCC(=O)NCC(O)C(O)C(O)C(O)CO)CC(=O)C(CCC(=O)O)NC(=O)C(CCC(=O)NCC(O)C(O)C(O)C(O)CO)CC(=O)C(CCC(=O)O)NC(=O)C(CCC(=O)NCC(O)C(O)C(O)C(O)CO)CC(=O)CCSSCCOC(=O)NNC)C(=O)O. The lowest BCUT2D eigenvalue weighted by Gasteiger charge is -2.26. The van der Waals surface area contributed by atoms with Gasteiger partial charge in [0.25, 0.3) is 0 Å². The van der Waals surface area contributed by atoms with E-state index in [9.17, 15) is 144 Å². The topological polar surface area (TPSA) is 704 Å². The largest absolute Gasteiger partial charge is 0.481 e. The summed E-state index contributed by atoms with van der Waals surface area (Å²) in [4.78, 5) is 173. The van der Waals surface area contributed by atoms with Gasteiger partial charge in [0.2, 0.25) is 35.4 Å². The highest BCUT2D eigenvalue weighted by molar-refractivity contribution is 8.76. The van der Waals surface area contributed by atoms with E-state index in [-0.39, 0.29) is 43.9 Å². The number of hydrogen-bond donors (Lipinski definition) is 27. The molecular formula is C59H102BN9O32S2. The highest BCUT2D eigenvalue weighted by Gasteiger charge is 2.38. The molecule has 7 amide bonds. The lowest BCUT2D eigenvalue weighted by atomic mass is 9.89. The molecule has 18 atom stereocenters. The summed E-state index contributed by atoms with van der Waals surface area (Å²) < 4.78 is 4.93. The summed E-state index contributed by atoms with van der Waals surface area (Å²) >= 11 is 0. The van der Waals surface area contributed by atoms with E-state index in [0.29, 0.717) is 6.42 Å². The highest BCUT2D eigenvalue weighted by atomic mass is 33.1. The van der Waals surface area contributed by atoms with Gasteiger partial charge in [-0.2, -0.15) is 0 Å². The number of carboxylic acids is 3. The maximum absolute atomic E-state index is 14.7. The summed E-state index contributed by atoms with van der Waals surface area (Å²) in [6.07, 6.45) is -35.3. The molecule has 0 aromatic rings. The quantitative estimate of drug-likeness (QED) is 0.0116. The van der Waals surface area contributed by atoms with E-state index in [0.717, 1.165) is 0 Å². The average Bonchev–Trinajstić information content (AvgIpc) is 0.873. The van der Waals surface area contributed by atoms with Crippen LogP contribution < -0.4 is 48.0 Å². The summed E-state index contributed by atoms with van der Waals surface area (Å²) in [5, 5.41) is 194. The number of aliphatic carboxylic acids is 3. The molecule has 0 aromatic carbocycles. The summed E-state index contributed by atoms with van der Waals surface area (Å²) in [6.45, 7) is -5.38. The molecule has 0 rings (SSSR count). The van der Waals surface area contributed by atoms with Gasteiger partial charge < -0.3 is 134 Å². The number of amides is 7. The molecule has 0 aromatic heterocycles. The fourth-order valence-corrected chi connectivity index (χ4v) is 11.3. The number of hydrazine groups is 1. The number of Topliss-reactive ketones (excluding diaryl/α,β-unsaturated/α-hetero) is 3. The first-order valence-electron chi connectivity index (χ1n) is 32.7. The van der Waals surface area contributed by atoms with Gasteiger partial charge in [-0.1, -0.05) is 21.6 Å². The first-order chi connectivity index (χ1) is 48.5. The zero-order valence-corrected chi connectivity index (χ0v) is 58.3. The average molecular weight is 1520 g/mol. The second-order valence-corrected chi connectivity index (χ2v) is 26.5. The van der Waals surface area contributed by atoms with Crippen molar-refractivity contribution >= 4 is 106 Å². The van der Waals surface area contributed by atoms with Gasteiger partial charge in [-0.15, -0.1) is 0 Å². The molecule has 0 aliphatic rings. The van der Waals surface area contributed by atoms with Crippen molar-refractivity contribution in [2.24, 2.45) is 17.8 Å². The van der Waals surface area contributed by atoms with Gasteiger partial charge in [0, 0.05) is 114 Å². The molecule has 590 valence electrons. The monoisotopic (exact) mass is 1520 g/mol. The maximum Gasteiger partial charge on any atom is 0.421 e. The summed E-state index contributed by atoms with van der Waals surface area (Å²) in [7, 11) is 9.10. The van der Waals surface area contributed by atoms with Crippen molar-refractivity contribution in [1.29, 1.82) is 0 Å². The van der Waals surface area contributed by atoms with Gasteiger partial charge in [0.15, 0.2) is 19.5 Å². The smallest absolute Gasteiger partial charge is 0.421 e. The zero-order chi connectivity index (χ0) is 78.5. The van der Waals surface area contributed by atoms with Crippen molar-refractivity contribution in [2.75, 3.05) is 71.2 Å². The third-order valence-electron chi connectivity index (χ3n) is 15.7. The van der Waals surface area contributed by atoms with Crippen LogP contribution in [0.1, 0.15) is 109 Å². The Kier molecular flexibility index (Phi) is 50.9. The number of carbonyl (C=O) groups excluding carboxylic acids is 10. The normalized spacial score (nSPS) is 16.7. The van der Waals surface area contributed by atoms with E-state index >= 15 is 0 Å². The number of hydrogen-bond acceptors (Lipinski definition) is 33. The van der Waals surface area contributed by atoms with Crippen LogP contribution in [0, 0.1) is 17.8 Å². The van der Waals surface area contributed by atoms with E-state index in [4.69, 9.17) is 22.9 Å². The second-order valence-electron chi connectivity index (χ2n) is 23.8. The van der Waals surface area contributed by atoms with Crippen molar-refractivity contribution < 1.29 is 159 Å². The lowest BCUT2D eigenvalue weighted by molar-refractivity contribution is -0.143. The number of nitrogens with one attached hydrogen (secondary N) is 9. The number of unbranched alkanes of at least 4 members (excludes halogenated alkanes) is 1. The predicted molar refractivity (Wildman–Crippen MR) is 357 cm³/mol. The molecular weight excluding hydrogens is 1420 g/mol. The maximum atomic E-state index is 14.7. The third-order valence-corrected chi connectivity index (χ3v) is 18.1. The number of rotatable bonds is 61. The molecule has 44 heteroatoms. The van der Waals surface area contributed by atoms with E-state index in [1.165, 1.54) is 28.6 Å². The number of carboxylic acid groups (broad SMARTS) is 3. The standard InChI is InChI=1S/C59H102BN9O32S2/c1-61-69-59(100)101-17-19-103-102-18-15-32(73)20-29(5-10-44(82)62-23-38(76)49(89)52(92)41(79)26-70)55(95)66-33(8-13-47(85)86)36(74)21-30(6-11-45(83)63-24-39(77)50(90)53(93)42(80)27-71)56(96)67-34(9-14-48(87)88)37(75)22-31(57(97)68-35(58(98)99)4-2-3-16-65-60)7-12-46(84)64-25-40(78)51(91)54(94)43(81)28-72/h29-31,33-35,38-43,49-54,61,65,70-72,76-81,89-94H,2-28H2,1H3,(H,62,82)(H,63,83)(H,64,84)(H,66,95)(H,67,96)(H,68,97)(H,69,100)(H,85,86)(H,87,88)(H,98,99). The molecule has 18 unspecified atom stereocenters. The Hall–Kier alpha value is -6.41. The van der Waals surface area contributed by atoms with Crippen LogP contribution in [0.25, 0.3) is 0 Å². The van der Waals surface area contributed by atoms with E-state index in [2.05, 4.69) is 48.0 Å². The zero-order valence-electron chi connectivity index (χ0n) is 56.6. The minimum Gasteiger partial charge on any atom is -0.481 e. The first-order valence-corrected chi connectivity index (χ1v) is 35.2. The number of aliphatic hydroxyl groups excluding tert-OH is 15. The molecule has 0 fully saturated rings. The number of ketones is 3. The van der Waals surface area contributed by atoms with Crippen LogP contribution in [0.2, 0.25) is 0 Å². The van der Waals surface area contributed by atoms with Gasteiger partial charge in [0.05, 0.1) is 50.2 Å². The van der Waals surface area contributed by atoms with Crippen LogP contribution >= 0.6 is 21.6 Å². The minimum absolute atomic E-state index is 0.0346. The Bertz CT molecular complexity index is 2640. The summed E-state index contributed by atoms with van der Waals surface area (Å²) in [5.74, 6) is -19.0. The van der Waals surface area contributed by atoms with E-state index in [1.807, 2.05) is 0 Å². The Morgan fingerprint density at radius 1 is 0.417 bits per heavy atom. The van der Waals surface area contributed by atoms with Gasteiger partial charge in [0.1, 0.15) is 73.4 Å². The Morgan fingerprint density at radius 3 is 1.11 bits per heavy atom. The Morgan fingerprint density at radius 2 is 0.767 bits per heavy atom. The van der Waals surface area contributed by atoms with Gasteiger partial charge in [-0.25, -0.2) is 15.0 Å². The van der Waals surface area contributed by atoms with Gasteiger partial charge in [-0.3, -0.25) is 58.2 Å². The Balaban J connectivity index is 7.60. The van der Waals surface area contributed by atoms with Crippen molar-refractivity contribution in [2.45, 2.75) is 201 Å². The van der Waals surface area contributed by atoms with Crippen LogP contribution in [-0.4, -0.2) is 339 Å². The van der Waals surface area contributed by atoms with Gasteiger partial charge in [-0.05, 0) is 57.9 Å². The van der Waals surface area contributed by atoms with Crippen molar-refractivity contribution in [3.8, 4) is 0 Å². The predicted octanol–water partition coefficient (Wildman–Crippen LogP) is -10.5. The molecule has 0 aliphatic heterocycles. The molecule has 103 heavy (non-hydrogen) atoms. The fraction of sp³-hybridized carbons (Fsp3) is 0.780. The van der Waals surface area contributed by atoms with E-state index < -0.39 is 309 Å². The fourth-order valence-electron chi connectivity index (χ4n) is 9.46. The second kappa shape index (κ2) is 54.2. The summed E-state index contributed by atoms with van der Waals surface area (Å²) in [6, 6.07) is -5.50. The van der Waals surface area contributed by atoms with Crippen LogP contribution in [0.4, 0.5) is 4.79 Å². The van der Waals surface area contributed by atoms with Crippen LogP contribution in [0.5, 0.6) is 0 Å². The molecule has 0 saturated heterocycles. The summed E-state index contributed by atoms with van der Waals surface area (Å²) in [5.41, 5.74) is 4.57. The molecule has 0 saturated carbocycles. The van der Waals surface area contributed by atoms with Crippen molar-refractivity contribution in [1.82, 2.24) is 48.0 Å². The third kappa shape index (κ3) is 41.2. The number of aliphatic hydroxyl groups is 15. The van der Waals surface area contributed by atoms with Crippen molar-refractivity contribution in [3.05, 3.63) is 0 Å². The lowest BCUT2D eigenvalue weighted by Crippen LogP contribution is -2.50. The first kappa shape index (κ1) is 96.6. The number of carbonyl (C=O) groups is 13. The molecule has 0 aliphatic carbocycles. The van der Waals surface area contributed by atoms with E-state index in [1.54, 1.807) is 0 Å². The highest BCUT2D eigenvalue weighted by Crippen LogP contribution is 2.25.